The van der Waals surface area contributed by atoms with Crippen LogP contribution in [0.5, 0.6) is 5.75 Å². The van der Waals surface area contributed by atoms with E-state index in [0.29, 0.717) is 17.6 Å². The molecule has 192 valence electrons. The van der Waals surface area contributed by atoms with E-state index < -0.39 is 17.7 Å². The number of hydrogen-bond acceptors (Lipinski definition) is 3. The van der Waals surface area contributed by atoms with Crippen LogP contribution in [0.3, 0.4) is 0 Å². The van der Waals surface area contributed by atoms with E-state index in [1.165, 1.54) is 57.3 Å². The Labute approximate surface area is 216 Å². The second-order valence-electron chi connectivity index (χ2n) is 10.0. The van der Waals surface area contributed by atoms with Gasteiger partial charge in [-0.3, -0.25) is 4.79 Å². The fourth-order valence-corrected chi connectivity index (χ4v) is 5.47. The summed E-state index contributed by atoms with van der Waals surface area (Å²) in [7, 11) is 0. The van der Waals surface area contributed by atoms with E-state index in [1.54, 1.807) is 6.08 Å². The fourth-order valence-electron chi connectivity index (χ4n) is 5.00. The predicted molar refractivity (Wildman–Crippen MR) is 136 cm³/mol. The molecule has 0 spiro atoms. The molecule has 1 saturated heterocycles. The second kappa shape index (κ2) is 11.6. The van der Waals surface area contributed by atoms with Gasteiger partial charge in [0.2, 0.25) is 0 Å². The Bertz CT molecular complexity index is 985. The van der Waals surface area contributed by atoms with Crippen molar-refractivity contribution in [3.8, 4) is 5.75 Å². The number of alkyl halides is 2. The highest BCUT2D eigenvalue weighted by Crippen LogP contribution is 2.45. The van der Waals surface area contributed by atoms with Crippen molar-refractivity contribution in [2.75, 3.05) is 19.6 Å². The molecular formula is C27H34Cl2F2N2O2. The lowest BCUT2D eigenvalue weighted by atomic mass is 9.96. The minimum atomic E-state index is -3.42. The largest absolute Gasteiger partial charge is 0.489 e. The van der Waals surface area contributed by atoms with Gasteiger partial charge in [-0.05, 0) is 113 Å². The predicted octanol–water partition coefficient (Wildman–Crippen LogP) is 6.64. The van der Waals surface area contributed by atoms with Crippen LogP contribution in [0, 0.1) is 5.92 Å². The van der Waals surface area contributed by atoms with Crippen LogP contribution in [0.1, 0.15) is 63.4 Å². The number of ether oxygens (including phenoxy) is 1. The molecule has 0 radical (unpaired) electrons. The number of primary amides is 1. The van der Waals surface area contributed by atoms with Gasteiger partial charge in [0.1, 0.15) is 5.75 Å². The number of amides is 1. The molecule has 1 aromatic rings. The van der Waals surface area contributed by atoms with E-state index >= 15 is 0 Å². The molecule has 1 unspecified atom stereocenters. The molecule has 0 aromatic heterocycles. The Morgan fingerprint density at radius 3 is 2.54 bits per heavy atom. The van der Waals surface area contributed by atoms with Crippen LogP contribution in [-0.4, -0.2) is 42.5 Å². The fraction of sp³-hybridized carbons (Fsp3) is 0.593. The van der Waals surface area contributed by atoms with Gasteiger partial charge in [-0.25, -0.2) is 0 Å². The molecule has 2 N–H and O–H groups in total. The first kappa shape index (κ1) is 26.4. The van der Waals surface area contributed by atoms with Gasteiger partial charge in [0.05, 0.1) is 11.1 Å². The molecule has 0 bridgehead atoms. The van der Waals surface area contributed by atoms with Crippen molar-refractivity contribution < 1.29 is 18.3 Å². The summed E-state index contributed by atoms with van der Waals surface area (Å²) < 4.78 is 32.6. The molecule has 1 amide bonds. The summed E-state index contributed by atoms with van der Waals surface area (Å²) >= 11 is 12.1. The molecule has 1 aliphatic heterocycles. The van der Waals surface area contributed by atoms with Crippen molar-refractivity contribution in [3.05, 3.63) is 51.0 Å². The molecule has 5 rings (SSSR count). The molecule has 1 atom stereocenters. The van der Waals surface area contributed by atoms with Crippen LogP contribution < -0.4 is 10.5 Å². The zero-order valence-corrected chi connectivity index (χ0v) is 21.5. The summed E-state index contributed by atoms with van der Waals surface area (Å²) in [6, 6.07) is 6.27. The normalized spacial score (nSPS) is 22.4. The molecule has 4 aliphatic rings. The SMILES string of the molecule is Clc1cc(CCCN2CCCC2)ccc1OC1CC1.NC(=O)C(F)(F)C1CC2=C(CCC(Cl)=C2)C1. The van der Waals surface area contributed by atoms with Crippen molar-refractivity contribution in [1.82, 2.24) is 4.90 Å². The van der Waals surface area contributed by atoms with Crippen molar-refractivity contribution >= 4 is 29.1 Å². The first-order chi connectivity index (χ1) is 16.7. The van der Waals surface area contributed by atoms with Gasteiger partial charge in [0.15, 0.2) is 0 Å². The summed E-state index contributed by atoms with van der Waals surface area (Å²) in [6.45, 7) is 3.79. The zero-order valence-electron chi connectivity index (χ0n) is 20.0. The van der Waals surface area contributed by atoms with Crippen LogP contribution >= 0.6 is 23.2 Å². The van der Waals surface area contributed by atoms with Gasteiger partial charge in [-0.1, -0.05) is 34.8 Å². The van der Waals surface area contributed by atoms with Gasteiger partial charge in [-0.2, -0.15) is 8.78 Å². The van der Waals surface area contributed by atoms with Gasteiger partial charge in [0, 0.05) is 11.0 Å². The maximum Gasteiger partial charge on any atom is 0.327 e. The Hall–Kier alpha value is -1.63. The standard InChI is InChI=1S/C16H22ClNO.C11H12ClF2NO/c17-15-12-13(4-3-11-18-9-1-2-10-18)5-8-16(15)19-14-6-7-14;12-9-2-1-6-3-8(4-7(6)5-9)11(13,14)10(15)16/h5,8,12,14H,1-4,6-7,9-11H2;5,8H,1-4H2,(H2,15,16). The Morgan fingerprint density at radius 1 is 1.14 bits per heavy atom. The molecule has 1 heterocycles. The first-order valence-corrected chi connectivity index (χ1v) is 13.4. The van der Waals surface area contributed by atoms with E-state index in [2.05, 4.69) is 17.0 Å². The van der Waals surface area contributed by atoms with Gasteiger partial charge in [0.25, 0.3) is 5.91 Å². The smallest absolute Gasteiger partial charge is 0.327 e. The zero-order chi connectivity index (χ0) is 25.0. The molecule has 35 heavy (non-hydrogen) atoms. The van der Waals surface area contributed by atoms with Crippen LogP contribution in [0.15, 0.2) is 40.5 Å². The number of nitrogens with zero attached hydrogens (tertiary/aromatic N) is 1. The summed E-state index contributed by atoms with van der Waals surface area (Å²) in [5, 5.41) is 1.47. The van der Waals surface area contributed by atoms with Crippen LogP contribution in [0.2, 0.25) is 5.02 Å². The number of rotatable bonds is 8. The highest BCUT2D eigenvalue weighted by Gasteiger charge is 2.48. The highest BCUT2D eigenvalue weighted by molar-refractivity contribution is 6.32. The van der Waals surface area contributed by atoms with Gasteiger partial charge < -0.3 is 15.4 Å². The molecule has 8 heteroatoms. The van der Waals surface area contributed by atoms with E-state index in [1.807, 2.05) is 6.07 Å². The molecule has 3 aliphatic carbocycles. The van der Waals surface area contributed by atoms with Crippen LogP contribution in [0.25, 0.3) is 0 Å². The number of allylic oxidation sites excluding steroid dienone is 4. The Balaban J connectivity index is 0.000000168. The van der Waals surface area contributed by atoms with Crippen LogP contribution in [0.4, 0.5) is 8.78 Å². The van der Waals surface area contributed by atoms with Crippen molar-refractivity contribution in [2.24, 2.45) is 11.7 Å². The number of hydrogen-bond donors (Lipinski definition) is 1. The number of carbonyl (C=O) groups excluding carboxylic acids is 1. The quantitative estimate of drug-likeness (QED) is 0.413. The maximum atomic E-state index is 13.4. The number of nitrogens with two attached hydrogens (primary N) is 1. The first-order valence-electron chi connectivity index (χ1n) is 12.6. The molecule has 4 nitrogen and oxygen atoms in total. The average Bonchev–Trinajstić information content (AvgIpc) is 3.29. The Morgan fingerprint density at radius 2 is 1.89 bits per heavy atom. The second-order valence-corrected chi connectivity index (χ2v) is 10.9. The minimum Gasteiger partial charge on any atom is -0.489 e. The minimum absolute atomic E-state index is 0.196. The number of likely N-dealkylation sites (tertiary alicyclic amines) is 1. The third-order valence-corrected chi connectivity index (χ3v) is 7.80. The molecule has 1 aromatic carbocycles. The number of carbonyl (C=O) groups is 1. The Kier molecular flexibility index (Phi) is 8.77. The van der Waals surface area contributed by atoms with Gasteiger partial charge >= 0.3 is 5.92 Å². The number of aryl methyl sites for hydroxylation is 1. The average molecular weight is 527 g/mol. The third-order valence-electron chi connectivity index (χ3n) is 7.20. The lowest BCUT2D eigenvalue weighted by molar-refractivity contribution is -0.149. The summed E-state index contributed by atoms with van der Waals surface area (Å²) in [4.78, 5) is 13.3. The van der Waals surface area contributed by atoms with E-state index in [9.17, 15) is 13.6 Å². The van der Waals surface area contributed by atoms with E-state index in [-0.39, 0.29) is 12.8 Å². The van der Waals surface area contributed by atoms with Gasteiger partial charge in [-0.15, -0.1) is 0 Å². The monoisotopic (exact) mass is 526 g/mol. The molecule has 2 fully saturated rings. The third kappa shape index (κ3) is 7.21. The van der Waals surface area contributed by atoms with E-state index in [0.717, 1.165) is 34.8 Å². The lowest BCUT2D eigenvalue weighted by Crippen LogP contribution is -2.41. The number of halogens is 4. The number of benzene rings is 1. The van der Waals surface area contributed by atoms with Crippen molar-refractivity contribution in [1.29, 1.82) is 0 Å². The maximum absolute atomic E-state index is 13.4. The van der Waals surface area contributed by atoms with E-state index in [4.69, 9.17) is 33.7 Å². The lowest BCUT2D eigenvalue weighted by Gasteiger charge is -2.19. The van der Waals surface area contributed by atoms with Crippen LogP contribution in [-0.2, 0) is 11.2 Å². The highest BCUT2D eigenvalue weighted by atomic mass is 35.5. The molecular weight excluding hydrogens is 493 g/mol. The molecule has 1 saturated carbocycles. The summed E-state index contributed by atoms with van der Waals surface area (Å²) in [5.41, 5.74) is 7.90. The van der Waals surface area contributed by atoms with Crippen molar-refractivity contribution in [3.63, 3.8) is 0 Å². The van der Waals surface area contributed by atoms with Crippen molar-refractivity contribution in [2.45, 2.75) is 76.2 Å². The summed E-state index contributed by atoms with van der Waals surface area (Å²) in [5.74, 6) is -5.09. The summed E-state index contributed by atoms with van der Waals surface area (Å²) in [6.07, 6.45) is 11.5. The topological polar surface area (TPSA) is 55.6 Å².